The summed E-state index contributed by atoms with van der Waals surface area (Å²) < 4.78 is 14.8. The van der Waals surface area contributed by atoms with Crippen LogP contribution in [0.5, 0.6) is 0 Å². The van der Waals surface area contributed by atoms with Gasteiger partial charge >= 0.3 is 0 Å². The number of aryl methyl sites for hydroxylation is 1. The van der Waals surface area contributed by atoms with Gasteiger partial charge in [-0.05, 0) is 68.5 Å². The lowest BCUT2D eigenvalue weighted by Gasteiger charge is -2.05. The maximum Gasteiger partial charge on any atom is 0.269 e. The average molecular weight is 413 g/mol. The predicted molar refractivity (Wildman–Crippen MR) is 109 cm³/mol. The van der Waals surface area contributed by atoms with Crippen LogP contribution in [0.4, 0.5) is 4.39 Å². The molecule has 0 bridgehead atoms. The van der Waals surface area contributed by atoms with Crippen molar-refractivity contribution >= 4 is 29.5 Å². The number of hydrogen-bond acceptors (Lipinski definition) is 3. The first kappa shape index (κ1) is 20.3. The van der Waals surface area contributed by atoms with E-state index in [1.54, 1.807) is 47.2 Å². The summed E-state index contributed by atoms with van der Waals surface area (Å²) in [4.78, 5) is 24.0. The summed E-state index contributed by atoms with van der Waals surface area (Å²) in [6, 6.07) is 12.2. The molecular formula is C21H18ClFN4O2. The summed E-state index contributed by atoms with van der Waals surface area (Å²) in [7, 11) is 0. The molecule has 8 heteroatoms. The van der Waals surface area contributed by atoms with Crippen LogP contribution in [-0.2, 0) is 4.79 Å². The Morgan fingerprint density at radius 3 is 2.34 bits per heavy atom. The smallest absolute Gasteiger partial charge is 0.268 e. The van der Waals surface area contributed by atoms with Crippen molar-refractivity contribution in [3.05, 3.63) is 88.0 Å². The van der Waals surface area contributed by atoms with Gasteiger partial charge in [-0.25, -0.2) is 9.07 Å². The van der Waals surface area contributed by atoms with Gasteiger partial charge in [-0.2, -0.15) is 5.10 Å². The minimum atomic E-state index is -0.499. The lowest BCUT2D eigenvalue weighted by atomic mass is 10.2. The highest BCUT2D eigenvalue weighted by Crippen LogP contribution is 2.19. The molecule has 0 aliphatic heterocycles. The Balaban J connectivity index is 1.66. The number of nitrogens with zero attached hydrogens (tertiary/aromatic N) is 2. The number of benzene rings is 2. The number of halogens is 2. The molecule has 1 heterocycles. The molecule has 3 rings (SSSR count). The average Bonchev–Trinajstić information content (AvgIpc) is 2.99. The third-order valence-corrected chi connectivity index (χ3v) is 4.48. The van der Waals surface area contributed by atoms with Crippen LogP contribution >= 0.6 is 11.6 Å². The molecule has 0 saturated carbocycles. The van der Waals surface area contributed by atoms with Crippen LogP contribution in [0.2, 0.25) is 5.02 Å². The topological polar surface area (TPSA) is 76.0 Å². The summed E-state index contributed by atoms with van der Waals surface area (Å²) in [5, 5.41) is 4.95. The second-order valence-electron chi connectivity index (χ2n) is 6.26. The van der Waals surface area contributed by atoms with Crippen LogP contribution in [0.3, 0.4) is 0 Å². The van der Waals surface area contributed by atoms with Crippen LogP contribution in [0.15, 0.2) is 54.6 Å². The van der Waals surface area contributed by atoms with E-state index < -0.39 is 11.8 Å². The van der Waals surface area contributed by atoms with Crippen molar-refractivity contribution < 1.29 is 14.0 Å². The Bertz CT molecular complexity index is 1070. The molecule has 2 aromatic carbocycles. The number of aromatic nitrogens is 2. The fraction of sp³-hybridized carbons (Fsp3) is 0.0952. The SMILES string of the molecule is Cc1nn(-c2ccc(F)cc2)c(C)c1/C=C/C(=O)NNC(=O)c1ccc(Cl)cc1. The largest absolute Gasteiger partial charge is 0.269 e. The maximum absolute atomic E-state index is 13.1. The molecule has 0 unspecified atom stereocenters. The van der Waals surface area contributed by atoms with Gasteiger partial charge in [-0.1, -0.05) is 11.6 Å². The number of carbonyl (C=O) groups is 2. The minimum Gasteiger partial charge on any atom is -0.268 e. The molecular weight excluding hydrogens is 395 g/mol. The summed E-state index contributed by atoms with van der Waals surface area (Å²) in [6.45, 7) is 3.66. The fourth-order valence-electron chi connectivity index (χ4n) is 2.72. The molecule has 0 saturated heterocycles. The van der Waals surface area contributed by atoms with Crippen molar-refractivity contribution in [1.82, 2.24) is 20.6 Å². The molecule has 0 spiro atoms. The standard InChI is InChI=1S/C21H18ClFN4O2/c1-13-19(14(2)27(26-13)18-9-7-17(23)8-10-18)11-12-20(28)24-25-21(29)15-3-5-16(22)6-4-15/h3-12H,1-2H3,(H,24,28)(H,25,29)/b12-11+. The van der Waals surface area contributed by atoms with Crippen molar-refractivity contribution in [2.75, 3.05) is 0 Å². The fourth-order valence-corrected chi connectivity index (χ4v) is 2.85. The quantitative estimate of drug-likeness (QED) is 0.506. The normalized spacial score (nSPS) is 10.9. The van der Waals surface area contributed by atoms with Crippen molar-refractivity contribution in [2.24, 2.45) is 0 Å². The van der Waals surface area contributed by atoms with Crippen LogP contribution < -0.4 is 10.9 Å². The highest BCUT2D eigenvalue weighted by molar-refractivity contribution is 6.30. The highest BCUT2D eigenvalue weighted by atomic mass is 35.5. The summed E-state index contributed by atoms with van der Waals surface area (Å²) >= 11 is 5.78. The molecule has 0 aliphatic carbocycles. The Morgan fingerprint density at radius 2 is 1.69 bits per heavy atom. The van der Waals surface area contributed by atoms with Gasteiger partial charge in [0.25, 0.3) is 11.8 Å². The van der Waals surface area contributed by atoms with Gasteiger partial charge < -0.3 is 0 Å². The Hall–Kier alpha value is -3.45. The van der Waals surface area contributed by atoms with E-state index in [1.807, 2.05) is 13.8 Å². The number of rotatable bonds is 4. The van der Waals surface area contributed by atoms with E-state index in [4.69, 9.17) is 11.6 Å². The third kappa shape index (κ3) is 4.89. The second kappa shape index (κ2) is 8.70. The van der Waals surface area contributed by atoms with E-state index in [-0.39, 0.29) is 5.82 Å². The van der Waals surface area contributed by atoms with Crippen molar-refractivity contribution in [2.45, 2.75) is 13.8 Å². The molecule has 3 aromatic rings. The number of hydrogen-bond donors (Lipinski definition) is 2. The van der Waals surface area contributed by atoms with Gasteiger partial charge in [0, 0.05) is 27.9 Å². The number of carbonyl (C=O) groups excluding carboxylic acids is 2. The van der Waals surface area contributed by atoms with E-state index >= 15 is 0 Å². The van der Waals surface area contributed by atoms with Gasteiger partial charge in [-0.15, -0.1) is 0 Å². The van der Waals surface area contributed by atoms with E-state index in [1.165, 1.54) is 18.2 Å². The highest BCUT2D eigenvalue weighted by Gasteiger charge is 2.11. The monoisotopic (exact) mass is 412 g/mol. The summed E-state index contributed by atoms with van der Waals surface area (Å²) in [5.41, 5.74) is 8.00. The third-order valence-electron chi connectivity index (χ3n) is 4.23. The second-order valence-corrected chi connectivity index (χ2v) is 6.69. The Labute approximate surface area is 172 Å². The molecule has 148 valence electrons. The molecule has 0 radical (unpaired) electrons. The predicted octanol–water partition coefficient (Wildman–Crippen LogP) is 3.76. The van der Waals surface area contributed by atoms with Crippen LogP contribution in [0.25, 0.3) is 11.8 Å². The van der Waals surface area contributed by atoms with Crippen LogP contribution in [0, 0.1) is 19.7 Å². The Kier molecular flexibility index (Phi) is 6.09. The van der Waals surface area contributed by atoms with Crippen LogP contribution in [-0.4, -0.2) is 21.6 Å². The minimum absolute atomic E-state index is 0.326. The van der Waals surface area contributed by atoms with Gasteiger partial charge in [0.2, 0.25) is 0 Å². The zero-order chi connectivity index (χ0) is 21.0. The summed E-state index contributed by atoms with van der Waals surface area (Å²) in [5.74, 6) is -1.28. The first-order valence-corrected chi connectivity index (χ1v) is 9.09. The zero-order valence-electron chi connectivity index (χ0n) is 15.7. The lowest BCUT2D eigenvalue weighted by molar-refractivity contribution is -0.117. The first-order chi connectivity index (χ1) is 13.8. The van der Waals surface area contributed by atoms with E-state index in [0.717, 1.165) is 11.3 Å². The number of amides is 2. The van der Waals surface area contributed by atoms with Gasteiger partial charge in [0.05, 0.1) is 11.4 Å². The Morgan fingerprint density at radius 1 is 1.03 bits per heavy atom. The van der Waals surface area contributed by atoms with E-state index in [0.29, 0.717) is 22.0 Å². The molecule has 1 aromatic heterocycles. The summed E-state index contributed by atoms with van der Waals surface area (Å²) in [6.07, 6.45) is 2.91. The number of hydrazine groups is 1. The van der Waals surface area contributed by atoms with E-state index in [9.17, 15) is 14.0 Å². The van der Waals surface area contributed by atoms with Gasteiger partial charge in [0.1, 0.15) is 5.82 Å². The maximum atomic E-state index is 13.1. The van der Waals surface area contributed by atoms with Gasteiger partial charge in [0.15, 0.2) is 0 Å². The van der Waals surface area contributed by atoms with Crippen molar-refractivity contribution in [3.63, 3.8) is 0 Å². The van der Waals surface area contributed by atoms with E-state index in [2.05, 4.69) is 16.0 Å². The van der Waals surface area contributed by atoms with Crippen molar-refractivity contribution in [3.8, 4) is 5.69 Å². The lowest BCUT2D eigenvalue weighted by Crippen LogP contribution is -2.40. The van der Waals surface area contributed by atoms with Gasteiger partial charge in [-0.3, -0.25) is 20.4 Å². The molecule has 2 amide bonds. The molecule has 0 fully saturated rings. The van der Waals surface area contributed by atoms with Crippen molar-refractivity contribution in [1.29, 1.82) is 0 Å². The first-order valence-electron chi connectivity index (χ1n) is 8.71. The molecule has 0 aliphatic rings. The molecule has 2 N–H and O–H groups in total. The van der Waals surface area contributed by atoms with Crippen LogP contribution in [0.1, 0.15) is 27.3 Å². The molecule has 6 nitrogen and oxygen atoms in total. The number of nitrogens with one attached hydrogen (secondary N) is 2. The molecule has 0 atom stereocenters. The molecule has 29 heavy (non-hydrogen) atoms. The zero-order valence-corrected chi connectivity index (χ0v) is 16.5.